The summed E-state index contributed by atoms with van der Waals surface area (Å²) in [7, 11) is 0. The third-order valence-electron chi connectivity index (χ3n) is 2.52. The first-order valence-electron chi connectivity index (χ1n) is 4.22. The molecule has 2 fully saturated rings. The minimum Gasteiger partial charge on any atom is -0.372 e. The predicted molar refractivity (Wildman–Crippen MR) is 45.5 cm³/mol. The fourth-order valence-electron chi connectivity index (χ4n) is 1.70. The Balaban J connectivity index is 0.000000251. The van der Waals surface area contributed by atoms with Crippen molar-refractivity contribution in [2.24, 2.45) is 17.4 Å². The lowest BCUT2D eigenvalue weighted by atomic mass is 10.1. The third-order valence-corrected chi connectivity index (χ3v) is 2.52. The topological polar surface area (TPSA) is 98.7 Å². The Kier molecular flexibility index (Phi) is 2.87. The van der Waals surface area contributed by atoms with Crippen LogP contribution in [0.5, 0.6) is 0 Å². The maximum absolute atomic E-state index is 10.7. The molecule has 0 radical (unpaired) electrons. The van der Waals surface area contributed by atoms with Crippen LogP contribution in [0.3, 0.4) is 0 Å². The van der Waals surface area contributed by atoms with Crippen molar-refractivity contribution in [3.8, 4) is 0 Å². The van der Waals surface area contributed by atoms with Gasteiger partial charge in [0, 0.05) is 5.92 Å². The number of hydrogen-bond donors (Lipinski definition) is 2. The standard InChI is InChI=1S/C7H11NO2.CH3NO/c8-6(9)5-1-2-7(3-5)4-10-7;2-1-3/h5H,1-4H2,(H2,8,9);1H,(H2,2,3). The lowest BCUT2D eigenvalue weighted by Crippen LogP contribution is -2.21. The maximum atomic E-state index is 10.7. The predicted octanol–water partition coefficient (Wildman–Crippen LogP) is -0.858. The lowest BCUT2D eigenvalue weighted by Gasteiger charge is -2.01. The average Bonchev–Trinajstić information content (AvgIpc) is 2.62. The zero-order chi connectivity index (χ0) is 9.90. The Hall–Kier alpha value is -1.10. The van der Waals surface area contributed by atoms with Crippen molar-refractivity contribution in [2.45, 2.75) is 24.9 Å². The highest BCUT2D eigenvalue weighted by molar-refractivity contribution is 5.77. The van der Waals surface area contributed by atoms with Crippen molar-refractivity contribution in [2.75, 3.05) is 6.61 Å². The van der Waals surface area contributed by atoms with Gasteiger partial charge in [0.2, 0.25) is 12.3 Å². The summed E-state index contributed by atoms with van der Waals surface area (Å²) in [6, 6.07) is 0. The van der Waals surface area contributed by atoms with Crippen molar-refractivity contribution >= 4 is 12.3 Å². The van der Waals surface area contributed by atoms with Gasteiger partial charge in [0.1, 0.15) is 0 Å². The molecule has 5 heteroatoms. The second-order valence-corrected chi connectivity index (χ2v) is 3.45. The molecule has 0 aromatic carbocycles. The molecule has 2 atom stereocenters. The van der Waals surface area contributed by atoms with E-state index < -0.39 is 0 Å². The van der Waals surface area contributed by atoms with Crippen LogP contribution in [-0.4, -0.2) is 24.5 Å². The van der Waals surface area contributed by atoms with Gasteiger partial charge >= 0.3 is 0 Å². The molecule has 1 saturated heterocycles. The third kappa shape index (κ3) is 2.42. The van der Waals surface area contributed by atoms with E-state index in [4.69, 9.17) is 15.3 Å². The minimum atomic E-state index is -0.160. The van der Waals surface area contributed by atoms with Crippen LogP contribution < -0.4 is 11.5 Å². The fourth-order valence-corrected chi connectivity index (χ4v) is 1.70. The number of nitrogens with two attached hydrogens (primary N) is 2. The molecule has 2 amide bonds. The Morgan fingerprint density at radius 2 is 2.15 bits per heavy atom. The Morgan fingerprint density at radius 1 is 1.62 bits per heavy atom. The van der Waals surface area contributed by atoms with Crippen LogP contribution >= 0.6 is 0 Å². The van der Waals surface area contributed by atoms with Gasteiger partial charge in [-0.2, -0.15) is 0 Å². The SMILES string of the molecule is NC(=O)C1CCC2(CO2)C1.NC=O. The molecule has 0 bridgehead atoms. The number of ether oxygens (including phenoxy) is 1. The van der Waals surface area contributed by atoms with Crippen LogP contribution in [0.4, 0.5) is 0 Å². The molecule has 1 spiro atoms. The second-order valence-electron chi connectivity index (χ2n) is 3.45. The molecule has 0 aromatic rings. The molecule has 2 aliphatic rings. The first kappa shape index (κ1) is 9.98. The van der Waals surface area contributed by atoms with Gasteiger partial charge in [-0.3, -0.25) is 9.59 Å². The molecule has 2 rings (SSSR count). The summed E-state index contributed by atoms with van der Waals surface area (Å²) in [4.78, 5) is 19.3. The van der Waals surface area contributed by atoms with Crippen molar-refractivity contribution in [1.82, 2.24) is 0 Å². The largest absolute Gasteiger partial charge is 0.372 e. The summed E-state index contributed by atoms with van der Waals surface area (Å²) >= 11 is 0. The number of hydrogen-bond acceptors (Lipinski definition) is 3. The van der Waals surface area contributed by atoms with E-state index in [2.05, 4.69) is 5.73 Å². The maximum Gasteiger partial charge on any atom is 0.220 e. The van der Waals surface area contributed by atoms with Gasteiger partial charge in [-0.25, -0.2) is 0 Å². The summed E-state index contributed by atoms with van der Waals surface area (Å²) in [5, 5.41) is 0. The molecule has 0 aromatic heterocycles. The van der Waals surface area contributed by atoms with Crippen LogP contribution in [0.15, 0.2) is 0 Å². The number of amides is 2. The molecule has 74 valence electrons. The number of primary amides is 2. The van der Waals surface area contributed by atoms with Gasteiger partial charge in [-0.15, -0.1) is 0 Å². The summed E-state index contributed by atoms with van der Waals surface area (Å²) in [5.74, 6) is -0.0742. The first-order chi connectivity index (χ1) is 6.13. The molecular formula is C8H14N2O3. The zero-order valence-electron chi connectivity index (χ0n) is 7.36. The molecular weight excluding hydrogens is 172 g/mol. The molecule has 1 heterocycles. The second kappa shape index (κ2) is 3.74. The van der Waals surface area contributed by atoms with E-state index in [9.17, 15) is 4.79 Å². The van der Waals surface area contributed by atoms with Crippen molar-refractivity contribution in [1.29, 1.82) is 0 Å². The number of carbonyl (C=O) groups excluding carboxylic acids is 2. The van der Waals surface area contributed by atoms with E-state index in [0.717, 1.165) is 25.9 Å². The van der Waals surface area contributed by atoms with Crippen LogP contribution in [0, 0.1) is 5.92 Å². The van der Waals surface area contributed by atoms with E-state index >= 15 is 0 Å². The summed E-state index contributed by atoms with van der Waals surface area (Å²) in [5.41, 5.74) is 9.42. The minimum absolute atomic E-state index is 0.0856. The number of epoxide rings is 1. The summed E-state index contributed by atoms with van der Waals surface area (Å²) in [6.07, 6.45) is 3.07. The van der Waals surface area contributed by atoms with E-state index in [1.165, 1.54) is 0 Å². The molecule has 2 unspecified atom stereocenters. The van der Waals surface area contributed by atoms with E-state index in [-0.39, 0.29) is 23.8 Å². The normalized spacial score (nSPS) is 34.9. The van der Waals surface area contributed by atoms with Gasteiger partial charge in [0.05, 0.1) is 12.2 Å². The van der Waals surface area contributed by atoms with E-state index in [0.29, 0.717) is 0 Å². The summed E-state index contributed by atoms with van der Waals surface area (Å²) < 4.78 is 5.23. The quantitative estimate of drug-likeness (QED) is 0.412. The van der Waals surface area contributed by atoms with E-state index in [1.807, 2.05) is 0 Å². The first-order valence-corrected chi connectivity index (χ1v) is 4.22. The zero-order valence-corrected chi connectivity index (χ0v) is 7.36. The summed E-state index contributed by atoms with van der Waals surface area (Å²) in [6.45, 7) is 0.844. The molecule has 4 N–H and O–H groups in total. The van der Waals surface area contributed by atoms with Crippen LogP contribution in [0.25, 0.3) is 0 Å². The van der Waals surface area contributed by atoms with Crippen LogP contribution in [0.2, 0.25) is 0 Å². The van der Waals surface area contributed by atoms with Crippen molar-refractivity contribution in [3.05, 3.63) is 0 Å². The monoisotopic (exact) mass is 186 g/mol. The highest BCUT2D eigenvalue weighted by Crippen LogP contribution is 2.45. The Bertz CT molecular complexity index is 213. The average molecular weight is 186 g/mol. The smallest absolute Gasteiger partial charge is 0.220 e. The van der Waals surface area contributed by atoms with Crippen LogP contribution in [-0.2, 0) is 14.3 Å². The van der Waals surface area contributed by atoms with Gasteiger partial charge in [-0.1, -0.05) is 0 Å². The number of rotatable bonds is 1. The molecule has 1 aliphatic carbocycles. The highest BCUT2D eigenvalue weighted by atomic mass is 16.6. The van der Waals surface area contributed by atoms with Crippen LogP contribution in [0.1, 0.15) is 19.3 Å². The fraction of sp³-hybridized carbons (Fsp3) is 0.750. The number of carbonyl (C=O) groups is 2. The molecule has 1 saturated carbocycles. The lowest BCUT2D eigenvalue weighted by molar-refractivity contribution is -0.121. The van der Waals surface area contributed by atoms with Gasteiger partial charge in [0.15, 0.2) is 0 Å². The van der Waals surface area contributed by atoms with E-state index in [1.54, 1.807) is 0 Å². The Morgan fingerprint density at radius 3 is 2.38 bits per heavy atom. The molecule has 13 heavy (non-hydrogen) atoms. The highest BCUT2D eigenvalue weighted by Gasteiger charge is 2.51. The molecule has 5 nitrogen and oxygen atoms in total. The van der Waals surface area contributed by atoms with Gasteiger partial charge in [-0.05, 0) is 19.3 Å². The van der Waals surface area contributed by atoms with Crippen molar-refractivity contribution < 1.29 is 14.3 Å². The van der Waals surface area contributed by atoms with Gasteiger partial charge in [0.25, 0.3) is 0 Å². The Labute approximate surface area is 76.4 Å². The molecule has 1 aliphatic heterocycles. The van der Waals surface area contributed by atoms with Crippen molar-refractivity contribution in [3.63, 3.8) is 0 Å². The van der Waals surface area contributed by atoms with Gasteiger partial charge < -0.3 is 16.2 Å².